The number of piperidine rings is 1. The molecule has 3 rings (SSSR count). The van der Waals surface area contributed by atoms with Crippen molar-refractivity contribution in [1.82, 2.24) is 4.90 Å². The van der Waals surface area contributed by atoms with E-state index in [-0.39, 0.29) is 12.0 Å². The van der Waals surface area contributed by atoms with Crippen molar-refractivity contribution in [1.29, 1.82) is 0 Å². The Kier molecular flexibility index (Phi) is 6.41. The summed E-state index contributed by atoms with van der Waals surface area (Å²) in [5, 5.41) is 9.54. The van der Waals surface area contributed by atoms with Gasteiger partial charge in [-0.3, -0.25) is 9.69 Å². The van der Waals surface area contributed by atoms with Crippen LogP contribution in [-0.4, -0.2) is 50.4 Å². The summed E-state index contributed by atoms with van der Waals surface area (Å²) in [6, 6.07) is 13.6. The van der Waals surface area contributed by atoms with Crippen LogP contribution in [0.5, 0.6) is 17.2 Å². The Morgan fingerprint density at radius 1 is 1.04 bits per heavy atom. The second kappa shape index (κ2) is 8.97. The summed E-state index contributed by atoms with van der Waals surface area (Å²) in [5.74, 6) is 0.973. The molecule has 0 radical (unpaired) electrons. The molecule has 0 amide bonds. The van der Waals surface area contributed by atoms with Crippen LogP contribution in [0.1, 0.15) is 30.0 Å². The van der Waals surface area contributed by atoms with Gasteiger partial charge in [0.15, 0.2) is 11.5 Å². The van der Waals surface area contributed by atoms with E-state index in [1.54, 1.807) is 21.3 Å². The zero-order valence-electron chi connectivity index (χ0n) is 16.6. The minimum absolute atomic E-state index is 0.141. The van der Waals surface area contributed by atoms with Gasteiger partial charge in [0.25, 0.3) is 0 Å². The molecule has 1 aliphatic rings. The van der Waals surface area contributed by atoms with Crippen molar-refractivity contribution in [2.24, 2.45) is 5.92 Å². The van der Waals surface area contributed by atoms with Gasteiger partial charge >= 0.3 is 5.97 Å². The summed E-state index contributed by atoms with van der Waals surface area (Å²) in [7, 11) is 4.87. The van der Waals surface area contributed by atoms with E-state index >= 15 is 0 Å². The molecule has 1 heterocycles. The van der Waals surface area contributed by atoms with Gasteiger partial charge in [0.1, 0.15) is 5.75 Å². The number of para-hydroxylation sites is 1. The van der Waals surface area contributed by atoms with Gasteiger partial charge in [0.05, 0.1) is 33.3 Å². The maximum atomic E-state index is 11.6. The number of hydrogen-bond donors (Lipinski definition) is 1. The van der Waals surface area contributed by atoms with E-state index < -0.39 is 5.97 Å². The molecule has 2 unspecified atom stereocenters. The molecular weight excluding hydrogens is 358 g/mol. The maximum absolute atomic E-state index is 11.6. The first-order valence-electron chi connectivity index (χ1n) is 9.40. The first-order valence-corrected chi connectivity index (χ1v) is 9.40. The minimum Gasteiger partial charge on any atom is -0.496 e. The predicted octanol–water partition coefficient (Wildman–Crippen LogP) is 3.60. The summed E-state index contributed by atoms with van der Waals surface area (Å²) in [6.07, 6.45) is 1.55. The van der Waals surface area contributed by atoms with E-state index in [0.29, 0.717) is 24.5 Å². The molecule has 1 N–H and O–H groups in total. The van der Waals surface area contributed by atoms with Crippen LogP contribution >= 0.6 is 0 Å². The summed E-state index contributed by atoms with van der Waals surface area (Å²) >= 11 is 0. The second-order valence-electron chi connectivity index (χ2n) is 6.93. The van der Waals surface area contributed by atoms with Gasteiger partial charge in [-0.25, -0.2) is 0 Å². The van der Waals surface area contributed by atoms with Gasteiger partial charge < -0.3 is 19.3 Å². The van der Waals surface area contributed by atoms with Gasteiger partial charge in [-0.2, -0.15) is 0 Å². The maximum Gasteiger partial charge on any atom is 0.307 e. The molecule has 150 valence electrons. The molecule has 0 aromatic heterocycles. The van der Waals surface area contributed by atoms with Crippen LogP contribution in [0.15, 0.2) is 42.5 Å². The van der Waals surface area contributed by atoms with Crippen molar-refractivity contribution in [3.8, 4) is 17.2 Å². The summed E-state index contributed by atoms with van der Waals surface area (Å²) < 4.78 is 16.5. The van der Waals surface area contributed by atoms with Crippen LogP contribution in [0.4, 0.5) is 0 Å². The number of rotatable bonds is 7. The Balaban J connectivity index is 2.08. The van der Waals surface area contributed by atoms with Gasteiger partial charge in [0.2, 0.25) is 0 Å². The molecule has 1 saturated heterocycles. The van der Waals surface area contributed by atoms with Crippen molar-refractivity contribution < 1.29 is 24.1 Å². The lowest BCUT2D eigenvalue weighted by Gasteiger charge is -2.38. The lowest BCUT2D eigenvalue weighted by molar-refractivity contribution is -0.143. The Hall–Kier alpha value is -2.73. The van der Waals surface area contributed by atoms with Gasteiger partial charge in [0, 0.05) is 12.1 Å². The highest BCUT2D eigenvalue weighted by Crippen LogP contribution is 2.40. The molecule has 2 atom stereocenters. The van der Waals surface area contributed by atoms with Crippen LogP contribution in [0.2, 0.25) is 0 Å². The average Bonchev–Trinajstić information content (AvgIpc) is 2.74. The molecule has 1 fully saturated rings. The number of carboxylic acid groups (broad SMARTS) is 1. The fraction of sp³-hybridized carbons (Fsp3) is 0.409. The molecule has 0 bridgehead atoms. The summed E-state index contributed by atoms with van der Waals surface area (Å²) in [4.78, 5) is 13.8. The Morgan fingerprint density at radius 2 is 1.75 bits per heavy atom. The van der Waals surface area contributed by atoms with Crippen molar-refractivity contribution in [2.75, 3.05) is 34.4 Å². The van der Waals surface area contributed by atoms with E-state index in [0.717, 1.165) is 29.8 Å². The van der Waals surface area contributed by atoms with Crippen LogP contribution < -0.4 is 14.2 Å². The zero-order chi connectivity index (χ0) is 20.1. The number of ether oxygens (including phenoxy) is 3. The van der Waals surface area contributed by atoms with Crippen molar-refractivity contribution >= 4 is 5.97 Å². The van der Waals surface area contributed by atoms with Crippen LogP contribution in [0.25, 0.3) is 0 Å². The average molecular weight is 385 g/mol. The van der Waals surface area contributed by atoms with Crippen molar-refractivity contribution in [3.63, 3.8) is 0 Å². The first-order chi connectivity index (χ1) is 13.6. The van der Waals surface area contributed by atoms with Crippen LogP contribution in [0.3, 0.4) is 0 Å². The van der Waals surface area contributed by atoms with E-state index in [2.05, 4.69) is 4.90 Å². The van der Waals surface area contributed by atoms with E-state index in [1.165, 1.54) is 0 Å². The molecule has 2 aromatic rings. The lowest BCUT2D eigenvalue weighted by Crippen LogP contribution is -2.41. The molecule has 6 heteroatoms. The van der Waals surface area contributed by atoms with Crippen molar-refractivity contribution in [3.05, 3.63) is 53.6 Å². The number of likely N-dealkylation sites (tertiary alicyclic amines) is 1. The molecule has 0 spiro atoms. The quantitative estimate of drug-likeness (QED) is 0.785. The number of nitrogens with zero attached hydrogens (tertiary/aromatic N) is 1. The SMILES string of the molecule is COc1ccc(C(c2ccccc2OC)N2CCCC(C(=O)O)C2)cc1OC. The van der Waals surface area contributed by atoms with Gasteiger partial charge in [-0.05, 0) is 43.1 Å². The normalized spacial score (nSPS) is 18.3. The van der Waals surface area contributed by atoms with Crippen molar-refractivity contribution in [2.45, 2.75) is 18.9 Å². The highest BCUT2D eigenvalue weighted by atomic mass is 16.5. The number of carboxylic acids is 1. The largest absolute Gasteiger partial charge is 0.496 e. The van der Waals surface area contributed by atoms with Gasteiger partial charge in [-0.1, -0.05) is 24.3 Å². The lowest BCUT2D eigenvalue weighted by atomic mass is 9.91. The Morgan fingerprint density at radius 3 is 2.43 bits per heavy atom. The number of hydrogen-bond acceptors (Lipinski definition) is 5. The zero-order valence-corrected chi connectivity index (χ0v) is 16.6. The third kappa shape index (κ3) is 4.07. The van der Waals surface area contributed by atoms with E-state index in [1.807, 2.05) is 42.5 Å². The third-order valence-electron chi connectivity index (χ3n) is 5.32. The molecule has 0 saturated carbocycles. The molecular formula is C22H27NO5. The first kappa shape index (κ1) is 20.0. The van der Waals surface area contributed by atoms with E-state index in [9.17, 15) is 9.90 Å². The number of methoxy groups -OCH3 is 3. The summed E-state index contributed by atoms with van der Waals surface area (Å²) in [6.45, 7) is 1.31. The molecule has 6 nitrogen and oxygen atoms in total. The third-order valence-corrected chi connectivity index (χ3v) is 5.32. The molecule has 1 aliphatic heterocycles. The van der Waals surface area contributed by atoms with Gasteiger partial charge in [-0.15, -0.1) is 0 Å². The topological polar surface area (TPSA) is 68.2 Å². The second-order valence-corrected chi connectivity index (χ2v) is 6.93. The fourth-order valence-electron chi connectivity index (χ4n) is 3.94. The minimum atomic E-state index is -0.740. The smallest absolute Gasteiger partial charge is 0.307 e. The number of carbonyl (C=O) groups is 1. The molecule has 28 heavy (non-hydrogen) atoms. The number of aliphatic carboxylic acids is 1. The molecule has 0 aliphatic carbocycles. The monoisotopic (exact) mass is 385 g/mol. The predicted molar refractivity (Wildman–Crippen MR) is 106 cm³/mol. The standard InChI is InChI=1S/C22H27NO5/c1-26-18-9-5-4-8-17(18)21(23-12-6-7-16(14-23)22(24)25)15-10-11-19(27-2)20(13-15)28-3/h4-5,8-11,13,16,21H,6-7,12,14H2,1-3H3,(H,24,25). The fourth-order valence-corrected chi connectivity index (χ4v) is 3.94. The van der Waals surface area contributed by atoms with E-state index in [4.69, 9.17) is 14.2 Å². The highest BCUT2D eigenvalue weighted by molar-refractivity contribution is 5.70. The Bertz CT molecular complexity index is 822. The number of benzene rings is 2. The molecule has 2 aromatic carbocycles. The van der Waals surface area contributed by atoms with Crippen LogP contribution in [0, 0.1) is 5.92 Å². The van der Waals surface area contributed by atoms with Crippen LogP contribution in [-0.2, 0) is 4.79 Å². The Labute approximate surface area is 165 Å². The highest BCUT2D eigenvalue weighted by Gasteiger charge is 2.33. The summed E-state index contributed by atoms with van der Waals surface area (Å²) in [5.41, 5.74) is 2.01.